The molecule has 3 N–H and O–H groups in total. The van der Waals surface area contributed by atoms with E-state index in [2.05, 4.69) is 20.8 Å². The fourth-order valence-corrected chi connectivity index (χ4v) is 3.11. The predicted octanol–water partition coefficient (Wildman–Crippen LogP) is 2.25. The van der Waals surface area contributed by atoms with Gasteiger partial charge >= 0.3 is 0 Å². The molecule has 8 heteroatoms. The number of nitrogens with two attached hydrogens (primary N) is 1. The topological polar surface area (TPSA) is 108 Å². The Morgan fingerprint density at radius 3 is 2.69 bits per heavy atom. The molecule has 0 aliphatic heterocycles. The van der Waals surface area contributed by atoms with E-state index in [4.69, 9.17) is 10.5 Å². The average Bonchev–Trinajstić information content (AvgIpc) is 3.40. The molecule has 0 radical (unpaired) electrons. The van der Waals surface area contributed by atoms with Gasteiger partial charge in [-0.1, -0.05) is 13.8 Å². The van der Waals surface area contributed by atoms with E-state index in [9.17, 15) is 4.79 Å². The van der Waals surface area contributed by atoms with Crippen LogP contribution in [0.25, 0.3) is 5.69 Å². The molecular formula is C18H26N6O2. The van der Waals surface area contributed by atoms with Crippen molar-refractivity contribution in [2.45, 2.75) is 45.4 Å². The van der Waals surface area contributed by atoms with Crippen molar-refractivity contribution in [3.63, 3.8) is 0 Å². The van der Waals surface area contributed by atoms with Crippen LogP contribution >= 0.6 is 0 Å². The summed E-state index contributed by atoms with van der Waals surface area (Å²) in [6.07, 6.45) is 3.55. The van der Waals surface area contributed by atoms with E-state index >= 15 is 0 Å². The summed E-state index contributed by atoms with van der Waals surface area (Å²) in [6, 6.07) is 5.46. The lowest BCUT2D eigenvalue weighted by Crippen LogP contribution is -2.41. The molecule has 3 rings (SSSR count). The van der Waals surface area contributed by atoms with E-state index in [1.165, 1.54) is 0 Å². The quantitative estimate of drug-likeness (QED) is 0.749. The molecule has 1 aromatic heterocycles. The highest BCUT2D eigenvalue weighted by molar-refractivity contribution is 5.95. The van der Waals surface area contributed by atoms with Crippen molar-refractivity contribution < 1.29 is 9.53 Å². The Morgan fingerprint density at radius 2 is 2.12 bits per heavy atom. The Bertz CT molecular complexity index is 771. The number of nitrogens with zero attached hydrogens (tertiary/aromatic N) is 4. The smallest absolute Gasteiger partial charge is 0.231 e. The number of hydrogen-bond donors (Lipinski definition) is 2. The van der Waals surface area contributed by atoms with Crippen LogP contribution in [-0.2, 0) is 4.79 Å². The van der Waals surface area contributed by atoms with E-state index in [0.29, 0.717) is 42.4 Å². The van der Waals surface area contributed by atoms with Gasteiger partial charge in [0.05, 0.1) is 12.5 Å². The lowest BCUT2D eigenvalue weighted by molar-refractivity contribution is -0.125. The largest absolute Gasteiger partial charge is 0.494 e. The van der Waals surface area contributed by atoms with Gasteiger partial charge in [-0.25, -0.2) is 0 Å². The van der Waals surface area contributed by atoms with Crippen molar-refractivity contribution in [3.8, 4) is 11.4 Å². The Kier molecular flexibility index (Phi) is 5.22. The van der Waals surface area contributed by atoms with Gasteiger partial charge in [0.1, 0.15) is 11.4 Å². The molecular weight excluding hydrogens is 332 g/mol. The zero-order valence-electron chi connectivity index (χ0n) is 15.5. The maximum atomic E-state index is 12.8. The van der Waals surface area contributed by atoms with Gasteiger partial charge in [-0.15, -0.1) is 5.10 Å². The maximum Gasteiger partial charge on any atom is 0.231 e. The minimum atomic E-state index is -0.561. The van der Waals surface area contributed by atoms with Gasteiger partial charge in [0, 0.05) is 18.2 Å². The first kappa shape index (κ1) is 18.3. The van der Waals surface area contributed by atoms with Crippen LogP contribution in [0.5, 0.6) is 5.75 Å². The molecule has 2 aromatic rings. The first-order valence-corrected chi connectivity index (χ1v) is 9.06. The highest BCUT2D eigenvalue weighted by Gasteiger charge is 2.34. The van der Waals surface area contributed by atoms with E-state index in [1.807, 2.05) is 32.0 Å². The summed E-state index contributed by atoms with van der Waals surface area (Å²) in [4.78, 5) is 12.8. The molecule has 8 nitrogen and oxygen atoms in total. The van der Waals surface area contributed by atoms with Gasteiger partial charge < -0.3 is 15.8 Å². The number of amides is 1. The van der Waals surface area contributed by atoms with Crippen LogP contribution in [0.2, 0.25) is 0 Å². The van der Waals surface area contributed by atoms with Crippen molar-refractivity contribution in [2.75, 3.05) is 19.0 Å². The second-order valence-electron chi connectivity index (χ2n) is 6.76. The van der Waals surface area contributed by atoms with Crippen LogP contribution < -0.4 is 15.8 Å². The van der Waals surface area contributed by atoms with Crippen molar-refractivity contribution in [1.29, 1.82) is 0 Å². The maximum absolute atomic E-state index is 12.8. The fourth-order valence-electron chi connectivity index (χ4n) is 3.11. The molecule has 0 bridgehead atoms. The first-order valence-electron chi connectivity index (χ1n) is 9.06. The van der Waals surface area contributed by atoms with Gasteiger partial charge in [-0.05, 0) is 54.3 Å². The molecule has 0 saturated heterocycles. The van der Waals surface area contributed by atoms with E-state index < -0.39 is 5.41 Å². The third kappa shape index (κ3) is 3.29. The molecule has 1 saturated carbocycles. The van der Waals surface area contributed by atoms with Gasteiger partial charge in [-0.3, -0.25) is 4.79 Å². The minimum Gasteiger partial charge on any atom is -0.494 e. The van der Waals surface area contributed by atoms with E-state index in [0.717, 1.165) is 18.7 Å². The number of ether oxygens (including phenoxy) is 1. The zero-order chi connectivity index (χ0) is 18.7. The summed E-state index contributed by atoms with van der Waals surface area (Å²) < 4.78 is 7.16. The van der Waals surface area contributed by atoms with Crippen LogP contribution in [0.15, 0.2) is 18.2 Å². The lowest BCUT2D eigenvalue weighted by atomic mass is 9.81. The van der Waals surface area contributed by atoms with Crippen molar-refractivity contribution in [3.05, 3.63) is 24.0 Å². The predicted molar refractivity (Wildman–Crippen MR) is 98.4 cm³/mol. The normalized spacial score (nSPS) is 14.3. The molecule has 0 unspecified atom stereocenters. The Morgan fingerprint density at radius 1 is 1.38 bits per heavy atom. The number of carbonyl (C=O) groups is 1. The van der Waals surface area contributed by atoms with E-state index in [1.54, 1.807) is 11.8 Å². The highest BCUT2D eigenvalue weighted by atomic mass is 16.5. The van der Waals surface area contributed by atoms with Crippen LogP contribution in [0, 0.1) is 5.41 Å². The number of anilines is 1. The molecule has 140 valence electrons. The Hall–Kier alpha value is -2.48. The average molecular weight is 358 g/mol. The molecule has 1 aromatic carbocycles. The number of nitrogens with one attached hydrogen (secondary N) is 1. The molecule has 1 amide bonds. The molecule has 1 fully saturated rings. The second kappa shape index (κ2) is 7.41. The summed E-state index contributed by atoms with van der Waals surface area (Å²) in [7, 11) is 1.60. The van der Waals surface area contributed by atoms with Crippen LogP contribution in [0.3, 0.4) is 0 Å². The number of tetrazole rings is 1. The summed E-state index contributed by atoms with van der Waals surface area (Å²) in [6.45, 7) is 4.28. The van der Waals surface area contributed by atoms with Crippen molar-refractivity contribution in [2.24, 2.45) is 11.1 Å². The molecule has 0 atom stereocenters. The van der Waals surface area contributed by atoms with Crippen LogP contribution in [0.1, 0.15) is 51.3 Å². The Balaban J connectivity index is 1.93. The highest BCUT2D eigenvalue weighted by Crippen LogP contribution is 2.40. The zero-order valence-corrected chi connectivity index (χ0v) is 15.5. The van der Waals surface area contributed by atoms with E-state index in [-0.39, 0.29) is 5.91 Å². The third-order valence-corrected chi connectivity index (χ3v) is 5.33. The number of rotatable bonds is 8. The summed E-state index contributed by atoms with van der Waals surface area (Å²) >= 11 is 0. The lowest BCUT2D eigenvalue weighted by Gasteiger charge is -2.28. The van der Waals surface area contributed by atoms with Gasteiger partial charge in [0.25, 0.3) is 0 Å². The summed E-state index contributed by atoms with van der Waals surface area (Å²) in [5.41, 5.74) is 6.70. The fraction of sp³-hybridized carbons (Fsp3) is 0.556. The van der Waals surface area contributed by atoms with Crippen LogP contribution in [-0.4, -0.2) is 39.8 Å². The molecule has 1 aliphatic rings. The summed E-state index contributed by atoms with van der Waals surface area (Å²) in [5, 5.41) is 15.1. The monoisotopic (exact) mass is 358 g/mol. The number of hydrogen-bond acceptors (Lipinski definition) is 6. The molecule has 1 heterocycles. The molecule has 1 aliphatic carbocycles. The third-order valence-electron chi connectivity index (χ3n) is 5.33. The standard InChI is InChI=1S/C18H26N6O2/c1-4-18(5-2,11-19)17(25)20-13-8-9-15(26-3)14(10-13)24-16(12-6-7-12)21-22-23-24/h8-10,12H,4-7,11,19H2,1-3H3,(H,20,25). The van der Waals surface area contributed by atoms with Gasteiger partial charge in [0.15, 0.2) is 5.82 Å². The SMILES string of the molecule is CCC(CC)(CN)C(=O)Nc1ccc(OC)c(-n2nnnc2C2CC2)c1. The first-order chi connectivity index (χ1) is 12.6. The molecule has 26 heavy (non-hydrogen) atoms. The second-order valence-corrected chi connectivity index (χ2v) is 6.76. The Labute approximate surface area is 153 Å². The van der Waals surface area contributed by atoms with Crippen molar-refractivity contribution in [1.82, 2.24) is 20.2 Å². The van der Waals surface area contributed by atoms with Crippen LogP contribution in [0.4, 0.5) is 5.69 Å². The number of carbonyl (C=O) groups excluding carboxylic acids is 1. The molecule has 0 spiro atoms. The van der Waals surface area contributed by atoms with Gasteiger partial charge in [-0.2, -0.15) is 4.68 Å². The number of benzene rings is 1. The number of methoxy groups -OCH3 is 1. The summed E-state index contributed by atoms with van der Waals surface area (Å²) in [5.74, 6) is 1.79. The number of aromatic nitrogens is 4. The van der Waals surface area contributed by atoms with Crippen molar-refractivity contribution >= 4 is 11.6 Å². The van der Waals surface area contributed by atoms with Gasteiger partial charge in [0.2, 0.25) is 5.91 Å². The minimum absolute atomic E-state index is 0.0692.